The predicted octanol–water partition coefficient (Wildman–Crippen LogP) is 9.25. The Bertz CT molecular complexity index is 375. The van der Waals surface area contributed by atoms with E-state index < -0.39 is 0 Å². The highest BCUT2D eigenvalue weighted by molar-refractivity contribution is 5.72. The molecule has 0 aromatic rings. The zero-order chi connectivity index (χ0) is 22.0. The van der Waals surface area contributed by atoms with Crippen LogP contribution in [0.2, 0.25) is 0 Å². The van der Waals surface area contributed by atoms with Gasteiger partial charge in [0.15, 0.2) is 0 Å². The Hall–Kier alpha value is -0.530. The van der Waals surface area contributed by atoms with E-state index in [4.69, 9.17) is 4.74 Å². The molecule has 2 nitrogen and oxygen atoms in total. The maximum Gasteiger partial charge on any atom is 0.309 e. The lowest BCUT2D eigenvalue weighted by Gasteiger charge is -2.35. The third-order valence-corrected chi connectivity index (χ3v) is 6.61. The van der Waals surface area contributed by atoms with Crippen molar-refractivity contribution >= 4 is 5.97 Å². The third kappa shape index (κ3) is 14.2. The van der Waals surface area contributed by atoms with E-state index in [1.54, 1.807) is 0 Å². The van der Waals surface area contributed by atoms with Crippen LogP contribution < -0.4 is 0 Å². The van der Waals surface area contributed by atoms with Crippen molar-refractivity contribution in [3.63, 3.8) is 0 Å². The standard InChI is InChI=1S/C27H54O2/c1-7-11-14-16-17-19-22-25(27(5,6)23-20-18-15-12-8-2)29-26(28)24(10-4)21-13-9-3/h24-25H,7-23H2,1-6H3. The minimum atomic E-state index is 0.0657. The van der Waals surface area contributed by atoms with Crippen LogP contribution in [0.3, 0.4) is 0 Å². The van der Waals surface area contributed by atoms with Gasteiger partial charge < -0.3 is 4.74 Å². The monoisotopic (exact) mass is 410 g/mol. The normalized spacial score (nSPS) is 14.0. The van der Waals surface area contributed by atoms with Gasteiger partial charge in [0.2, 0.25) is 0 Å². The van der Waals surface area contributed by atoms with E-state index in [0.29, 0.717) is 0 Å². The second kappa shape index (κ2) is 18.3. The second-order valence-corrected chi connectivity index (χ2v) is 9.88. The van der Waals surface area contributed by atoms with Crippen molar-refractivity contribution < 1.29 is 9.53 Å². The SMILES string of the molecule is CCCCCCCCC(OC(=O)C(CC)CCCC)C(C)(C)CCCCCCC. The summed E-state index contributed by atoms with van der Waals surface area (Å²) in [6, 6.07) is 0. The number of ether oxygens (including phenoxy) is 1. The topological polar surface area (TPSA) is 26.3 Å². The maximum atomic E-state index is 12.9. The summed E-state index contributed by atoms with van der Waals surface area (Å²) < 4.78 is 6.23. The van der Waals surface area contributed by atoms with Gasteiger partial charge in [0.05, 0.1) is 5.92 Å². The number of rotatable bonds is 20. The predicted molar refractivity (Wildman–Crippen MR) is 128 cm³/mol. The number of hydrogen-bond donors (Lipinski definition) is 0. The van der Waals surface area contributed by atoms with Crippen LogP contribution in [0.4, 0.5) is 0 Å². The summed E-state index contributed by atoms with van der Waals surface area (Å²) in [5.74, 6) is 0.151. The Morgan fingerprint density at radius 1 is 0.690 bits per heavy atom. The molecular weight excluding hydrogens is 356 g/mol. The molecule has 0 aliphatic carbocycles. The zero-order valence-electron chi connectivity index (χ0n) is 21.0. The van der Waals surface area contributed by atoms with Crippen LogP contribution in [0.25, 0.3) is 0 Å². The lowest BCUT2D eigenvalue weighted by molar-refractivity contribution is -0.162. The van der Waals surface area contributed by atoms with Crippen molar-refractivity contribution in [2.75, 3.05) is 0 Å². The summed E-state index contributed by atoms with van der Waals surface area (Å²) in [4.78, 5) is 12.9. The molecule has 0 amide bonds. The molecule has 2 atom stereocenters. The number of carbonyl (C=O) groups excluding carboxylic acids is 1. The molecule has 174 valence electrons. The van der Waals surface area contributed by atoms with Gasteiger partial charge in [-0.15, -0.1) is 0 Å². The first kappa shape index (κ1) is 28.5. The van der Waals surface area contributed by atoms with Gasteiger partial charge in [-0.1, -0.05) is 119 Å². The number of unbranched alkanes of at least 4 members (excludes halogenated alkanes) is 10. The molecule has 0 aliphatic heterocycles. The molecule has 0 fully saturated rings. The molecule has 2 heteroatoms. The average Bonchev–Trinajstić information content (AvgIpc) is 2.70. The van der Waals surface area contributed by atoms with E-state index in [1.807, 2.05) is 0 Å². The Balaban J connectivity index is 4.76. The lowest BCUT2D eigenvalue weighted by Crippen LogP contribution is -2.36. The Kier molecular flexibility index (Phi) is 17.9. The Morgan fingerprint density at radius 3 is 1.76 bits per heavy atom. The molecule has 0 aromatic heterocycles. The van der Waals surface area contributed by atoms with Gasteiger partial charge in [0.25, 0.3) is 0 Å². The van der Waals surface area contributed by atoms with Gasteiger partial charge in [0, 0.05) is 5.41 Å². The first-order valence-corrected chi connectivity index (χ1v) is 13.1. The largest absolute Gasteiger partial charge is 0.462 e. The second-order valence-electron chi connectivity index (χ2n) is 9.88. The number of esters is 1. The van der Waals surface area contributed by atoms with Crippen molar-refractivity contribution in [1.82, 2.24) is 0 Å². The molecule has 0 spiro atoms. The van der Waals surface area contributed by atoms with Gasteiger partial charge in [-0.25, -0.2) is 0 Å². The van der Waals surface area contributed by atoms with Crippen LogP contribution >= 0.6 is 0 Å². The summed E-state index contributed by atoms with van der Waals surface area (Å²) >= 11 is 0. The molecule has 0 saturated carbocycles. The Morgan fingerprint density at radius 2 is 1.21 bits per heavy atom. The van der Waals surface area contributed by atoms with E-state index in [0.717, 1.165) is 38.5 Å². The first-order valence-electron chi connectivity index (χ1n) is 13.1. The van der Waals surface area contributed by atoms with Crippen molar-refractivity contribution in [2.45, 2.75) is 157 Å². The van der Waals surface area contributed by atoms with Gasteiger partial charge in [-0.05, 0) is 32.1 Å². The molecule has 29 heavy (non-hydrogen) atoms. The minimum Gasteiger partial charge on any atom is -0.462 e. The van der Waals surface area contributed by atoms with Gasteiger partial charge >= 0.3 is 5.97 Å². The lowest BCUT2D eigenvalue weighted by atomic mass is 9.79. The fourth-order valence-electron chi connectivity index (χ4n) is 4.24. The highest BCUT2D eigenvalue weighted by atomic mass is 16.5. The summed E-state index contributed by atoms with van der Waals surface area (Å²) in [7, 11) is 0. The summed E-state index contributed by atoms with van der Waals surface area (Å²) in [6.07, 6.45) is 20.7. The van der Waals surface area contributed by atoms with Crippen molar-refractivity contribution in [3.8, 4) is 0 Å². The van der Waals surface area contributed by atoms with Crippen LogP contribution in [-0.2, 0) is 9.53 Å². The molecule has 0 bridgehead atoms. The summed E-state index contributed by atoms with van der Waals surface area (Å²) in [5, 5.41) is 0. The smallest absolute Gasteiger partial charge is 0.309 e. The van der Waals surface area contributed by atoms with E-state index in [2.05, 4.69) is 41.5 Å². The molecular formula is C27H54O2. The highest BCUT2D eigenvalue weighted by Crippen LogP contribution is 2.34. The summed E-state index contributed by atoms with van der Waals surface area (Å²) in [5.41, 5.74) is 0.0777. The molecule has 0 aromatic carbocycles. The van der Waals surface area contributed by atoms with Crippen LogP contribution in [0, 0.1) is 11.3 Å². The number of hydrogen-bond acceptors (Lipinski definition) is 2. The molecule has 2 unspecified atom stereocenters. The molecule has 0 saturated heterocycles. The average molecular weight is 411 g/mol. The fraction of sp³-hybridized carbons (Fsp3) is 0.963. The third-order valence-electron chi connectivity index (χ3n) is 6.61. The molecule has 0 heterocycles. The van der Waals surface area contributed by atoms with Crippen molar-refractivity contribution in [1.29, 1.82) is 0 Å². The van der Waals surface area contributed by atoms with Crippen LogP contribution in [0.1, 0.15) is 151 Å². The Labute approximate surface area is 184 Å². The maximum absolute atomic E-state index is 12.9. The van der Waals surface area contributed by atoms with Gasteiger partial charge in [0.1, 0.15) is 6.10 Å². The van der Waals surface area contributed by atoms with Gasteiger partial charge in [-0.2, -0.15) is 0 Å². The van der Waals surface area contributed by atoms with E-state index in [1.165, 1.54) is 70.6 Å². The van der Waals surface area contributed by atoms with Crippen LogP contribution in [-0.4, -0.2) is 12.1 Å². The molecule has 0 N–H and O–H groups in total. The molecule has 0 rings (SSSR count). The van der Waals surface area contributed by atoms with E-state index in [9.17, 15) is 4.79 Å². The van der Waals surface area contributed by atoms with Crippen molar-refractivity contribution in [2.24, 2.45) is 11.3 Å². The first-order chi connectivity index (χ1) is 13.9. The molecule has 0 radical (unpaired) electrons. The van der Waals surface area contributed by atoms with E-state index in [-0.39, 0.29) is 23.4 Å². The zero-order valence-corrected chi connectivity index (χ0v) is 21.0. The quantitative estimate of drug-likeness (QED) is 0.148. The van der Waals surface area contributed by atoms with Gasteiger partial charge in [-0.3, -0.25) is 4.79 Å². The van der Waals surface area contributed by atoms with Crippen LogP contribution in [0.5, 0.6) is 0 Å². The minimum absolute atomic E-state index is 0.0657. The summed E-state index contributed by atoms with van der Waals surface area (Å²) in [6.45, 7) is 13.5. The van der Waals surface area contributed by atoms with Crippen LogP contribution in [0.15, 0.2) is 0 Å². The number of carbonyl (C=O) groups is 1. The van der Waals surface area contributed by atoms with Crippen molar-refractivity contribution in [3.05, 3.63) is 0 Å². The fourth-order valence-corrected chi connectivity index (χ4v) is 4.24. The van der Waals surface area contributed by atoms with E-state index >= 15 is 0 Å². The highest BCUT2D eigenvalue weighted by Gasteiger charge is 2.33. The molecule has 0 aliphatic rings.